The van der Waals surface area contributed by atoms with Gasteiger partial charge < -0.3 is 10.6 Å². The molecule has 7 heteroatoms. The Balaban J connectivity index is 1.77. The number of rotatable bonds is 2. The van der Waals surface area contributed by atoms with Gasteiger partial charge in [-0.25, -0.2) is 4.98 Å². The van der Waals surface area contributed by atoms with Crippen LogP contribution in [0.15, 0.2) is 18.2 Å². The zero-order valence-electron chi connectivity index (χ0n) is 11.5. The molecule has 1 aromatic carbocycles. The van der Waals surface area contributed by atoms with E-state index < -0.39 is 0 Å². The molecule has 1 aliphatic rings. The van der Waals surface area contributed by atoms with Gasteiger partial charge in [-0.15, -0.1) is 11.3 Å². The highest BCUT2D eigenvalue weighted by Crippen LogP contribution is 2.28. The number of nitrogen functional groups attached to an aromatic ring is 1. The molecule has 1 aromatic heterocycles. The summed E-state index contributed by atoms with van der Waals surface area (Å²) in [6.45, 7) is 1.88. The zero-order chi connectivity index (χ0) is 15.0. The van der Waals surface area contributed by atoms with Gasteiger partial charge in [-0.1, -0.05) is 11.6 Å². The van der Waals surface area contributed by atoms with Crippen LogP contribution in [-0.2, 0) is 13.0 Å². The Morgan fingerprint density at radius 3 is 3.10 bits per heavy atom. The Morgan fingerprint density at radius 1 is 1.52 bits per heavy atom. The number of fused-ring (bicyclic) bond motifs is 1. The van der Waals surface area contributed by atoms with Crippen LogP contribution >= 0.6 is 22.9 Å². The maximum absolute atomic E-state index is 12.2. The standard InChI is InChI=1S/C14H15ClN4OS/c1-19-5-4-11-12(7-19)21-14(17-11)18-13(20)8-2-3-9(15)10(16)6-8/h2-3,6H,4-5,7,16H2,1H3,(H,17,18,20). The van der Waals surface area contributed by atoms with Crippen LogP contribution in [0.25, 0.3) is 0 Å². The molecule has 5 nitrogen and oxygen atoms in total. The molecule has 0 fully saturated rings. The molecule has 0 aliphatic carbocycles. The SMILES string of the molecule is CN1CCc2nc(NC(=O)c3ccc(Cl)c(N)c3)sc2C1. The first-order chi connectivity index (χ1) is 10.0. The zero-order valence-corrected chi connectivity index (χ0v) is 13.1. The second-order valence-corrected chi connectivity index (χ2v) is 6.56. The molecule has 1 aliphatic heterocycles. The summed E-state index contributed by atoms with van der Waals surface area (Å²) < 4.78 is 0. The van der Waals surface area contributed by atoms with Gasteiger partial charge in [0.15, 0.2) is 5.13 Å². The van der Waals surface area contributed by atoms with Gasteiger partial charge >= 0.3 is 0 Å². The highest BCUT2D eigenvalue weighted by atomic mass is 35.5. The molecule has 0 radical (unpaired) electrons. The van der Waals surface area contributed by atoms with E-state index >= 15 is 0 Å². The molecule has 0 spiro atoms. The van der Waals surface area contributed by atoms with Gasteiger partial charge in [-0.05, 0) is 25.2 Å². The number of carbonyl (C=O) groups is 1. The molecule has 110 valence electrons. The number of likely N-dealkylation sites (N-methyl/N-ethyl adjacent to an activating group) is 1. The van der Waals surface area contributed by atoms with Crippen LogP contribution in [0, 0.1) is 0 Å². The maximum atomic E-state index is 12.2. The predicted octanol–water partition coefficient (Wildman–Crippen LogP) is 2.62. The number of amides is 1. The van der Waals surface area contributed by atoms with Crippen molar-refractivity contribution in [2.45, 2.75) is 13.0 Å². The number of anilines is 2. The first-order valence-electron chi connectivity index (χ1n) is 6.56. The lowest BCUT2D eigenvalue weighted by Gasteiger charge is -2.20. The first-order valence-corrected chi connectivity index (χ1v) is 7.76. The number of aromatic nitrogens is 1. The molecule has 1 amide bonds. The van der Waals surface area contributed by atoms with Gasteiger partial charge in [0, 0.05) is 30.0 Å². The summed E-state index contributed by atoms with van der Waals surface area (Å²) >= 11 is 7.38. The topological polar surface area (TPSA) is 71.2 Å². The summed E-state index contributed by atoms with van der Waals surface area (Å²) in [5, 5.41) is 3.91. The number of thiazole rings is 1. The number of carbonyl (C=O) groups excluding carboxylic acids is 1. The van der Waals surface area contributed by atoms with Crippen molar-refractivity contribution in [3.63, 3.8) is 0 Å². The summed E-state index contributed by atoms with van der Waals surface area (Å²) in [6.07, 6.45) is 0.923. The minimum Gasteiger partial charge on any atom is -0.398 e. The van der Waals surface area contributed by atoms with E-state index in [4.69, 9.17) is 17.3 Å². The average molecular weight is 323 g/mol. The number of benzene rings is 1. The van der Waals surface area contributed by atoms with E-state index in [0.717, 1.165) is 25.2 Å². The van der Waals surface area contributed by atoms with Crippen LogP contribution in [-0.4, -0.2) is 29.4 Å². The number of hydrogen-bond acceptors (Lipinski definition) is 5. The third-order valence-corrected chi connectivity index (χ3v) is 4.74. The molecule has 3 rings (SSSR count). The Hall–Kier alpha value is -1.63. The summed E-state index contributed by atoms with van der Waals surface area (Å²) in [4.78, 5) is 20.2. The molecule has 0 atom stereocenters. The van der Waals surface area contributed by atoms with Crippen LogP contribution in [0.5, 0.6) is 0 Å². The number of halogens is 1. The van der Waals surface area contributed by atoms with Crippen molar-refractivity contribution in [3.8, 4) is 0 Å². The predicted molar refractivity (Wildman–Crippen MR) is 86.0 cm³/mol. The lowest BCUT2D eigenvalue weighted by molar-refractivity contribution is 0.102. The van der Waals surface area contributed by atoms with E-state index in [2.05, 4.69) is 22.2 Å². The quantitative estimate of drug-likeness (QED) is 0.834. The van der Waals surface area contributed by atoms with Crippen molar-refractivity contribution in [2.75, 3.05) is 24.6 Å². The molecule has 2 heterocycles. The maximum Gasteiger partial charge on any atom is 0.257 e. The van der Waals surface area contributed by atoms with Crippen LogP contribution in [0.3, 0.4) is 0 Å². The lowest BCUT2D eigenvalue weighted by atomic mass is 10.2. The molecule has 0 saturated carbocycles. The lowest BCUT2D eigenvalue weighted by Crippen LogP contribution is -2.25. The Kier molecular flexibility index (Phi) is 3.84. The third-order valence-electron chi connectivity index (χ3n) is 3.40. The molecular weight excluding hydrogens is 308 g/mol. The van der Waals surface area contributed by atoms with Crippen LogP contribution in [0.1, 0.15) is 20.9 Å². The smallest absolute Gasteiger partial charge is 0.257 e. The molecule has 2 aromatic rings. The van der Waals surface area contributed by atoms with Crippen molar-refractivity contribution in [2.24, 2.45) is 0 Å². The Morgan fingerprint density at radius 2 is 2.33 bits per heavy atom. The minimum atomic E-state index is -0.224. The van der Waals surface area contributed by atoms with Gasteiger partial charge in [0.25, 0.3) is 5.91 Å². The second kappa shape index (κ2) is 5.63. The van der Waals surface area contributed by atoms with E-state index in [9.17, 15) is 4.79 Å². The summed E-state index contributed by atoms with van der Waals surface area (Å²) in [5.41, 5.74) is 7.67. The fourth-order valence-corrected chi connectivity index (χ4v) is 3.43. The number of nitrogens with zero attached hydrogens (tertiary/aromatic N) is 2. The van der Waals surface area contributed by atoms with E-state index in [1.165, 1.54) is 16.2 Å². The molecule has 0 saturated heterocycles. The fourth-order valence-electron chi connectivity index (χ4n) is 2.23. The van der Waals surface area contributed by atoms with Crippen LogP contribution in [0.4, 0.5) is 10.8 Å². The molecule has 0 unspecified atom stereocenters. The van der Waals surface area contributed by atoms with Crippen molar-refractivity contribution >= 4 is 39.7 Å². The highest BCUT2D eigenvalue weighted by molar-refractivity contribution is 7.15. The molecule has 21 heavy (non-hydrogen) atoms. The summed E-state index contributed by atoms with van der Waals surface area (Å²) in [5.74, 6) is -0.224. The minimum absolute atomic E-state index is 0.224. The van der Waals surface area contributed by atoms with Crippen molar-refractivity contribution in [1.29, 1.82) is 0 Å². The number of hydrogen-bond donors (Lipinski definition) is 2. The monoisotopic (exact) mass is 322 g/mol. The number of nitrogens with one attached hydrogen (secondary N) is 1. The average Bonchev–Trinajstić information content (AvgIpc) is 2.83. The van der Waals surface area contributed by atoms with E-state index in [1.807, 2.05) is 0 Å². The largest absolute Gasteiger partial charge is 0.398 e. The van der Waals surface area contributed by atoms with Crippen molar-refractivity contribution in [3.05, 3.63) is 39.4 Å². The molecule has 3 N–H and O–H groups in total. The normalized spacial score (nSPS) is 14.8. The van der Waals surface area contributed by atoms with Gasteiger partial charge in [0.2, 0.25) is 0 Å². The Bertz CT molecular complexity index is 700. The highest BCUT2D eigenvalue weighted by Gasteiger charge is 2.19. The van der Waals surface area contributed by atoms with E-state index in [-0.39, 0.29) is 5.91 Å². The van der Waals surface area contributed by atoms with E-state index in [1.54, 1.807) is 18.2 Å². The second-order valence-electron chi connectivity index (χ2n) is 5.07. The van der Waals surface area contributed by atoms with Gasteiger partial charge in [-0.3, -0.25) is 10.1 Å². The van der Waals surface area contributed by atoms with Gasteiger partial charge in [0.05, 0.1) is 16.4 Å². The third kappa shape index (κ3) is 3.02. The van der Waals surface area contributed by atoms with Gasteiger partial charge in [0.1, 0.15) is 0 Å². The summed E-state index contributed by atoms with van der Waals surface area (Å²) in [7, 11) is 2.08. The van der Waals surface area contributed by atoms with Crippen molar-refractivity contribution < 1.29 is 4.79 Å². The number of nitrogens with two attached hydrogens (primary N) is 1. The van der Waals surface area contributed by atoms with E-state index in [0.29, 0.717) is 21.4 Å². The fraction of sp³-hybridized carbons (Fsp3) is 0.286. The van der Waals surface area contributed by atoms with Crippen LogP contribution in [0.2, 0.25) is 5.02 Å². The van der Waals surface area contributed by atoms with Crippen molar-refractivity contribution in [1.82, 2.24) is 9.88 Å². The van der Waals surface area contributed by atoms with Crippen LogP contribution < -0.4 is 11.1 Å². The van der Waals surface area contributed by atoms with Gasteiger partial charge in [-0.2, -0.15) is 0 Å². The first kappa shape index (κ1) is 14.3. The molecular formula is C14H15ClN4OS. The Labute approximate surface area is 131 Å². The summed E-state index contributed by atoms with van der Waals surface area (Å²) in [6, 6.07) is 4.84. The molecule has 0 bridgehead atoms.